The number of esters is 2. The highest BCUT2D eigenvalue weighted by molar-refractivity contribution is 5.77. The fraction of sp³-hybridized carbons (Fsp3) is 0.619. The van der Waals surface area contributed by atoms with Gasteiger partial charge in [0.25, 0.3) is 5.69 Å². The van der Waals surface area contributed by atoms with Crippen LogP contribution < -0.4 is 0 Å². The van der Waals surface area contributed by atoms with Gasteiger partial charge in [0.15, 0.2) is 0 Å². The third kappa shape index (κ3) is 10.6. The van der Waals surface area contributed by atoms with Crippen LogP contribution in [-0.2, 0) is 25.5 Å². The molecule has 0 aromatic heterocycles. The molecule has 0 atom stereocenters. The summed E-state index contributed by atoms with van der Waals surface area (Å²) in [6, 6.07) is 6.34. The zero-order chi connectivity index (χ0) is 20.6. The van der Waals surface area contributed by atoms with Crippen LogP contribution in [-0.4, -0.2) is 30.1 Å². The van der Waals surface area contributed by atoms with Crippen molar-refractivity contribution in [2.45, 2.75) is 71.1 Å². The molecule has 7 nitrogen and oxygen atoms in total. The molecule has 0 aliphatic heterocycles. The minimum absolute atomic E-state index is 0.00694. The van der Waals surface area contributed by atoms with Crippen LogP contribution in [0.25, 0.3) is 0 Å². The molecule has 0 radical (unpaired) electrons. The van der Waals surface area contributed by atoms with Gasteiger partial charge in [0.1, 0.15) is 0 Å². The van der Waals surface area contributed by atoms with E-state index in [9.17, 15) is 19.7 Å². The lowest BCUT2D eigenvalue weighted by Crippen LogP contribution is -2.12. The predicted molar refractivity (Wildman–Crippen MR) is 106 cm³/mol. The van der Waals surface area contributed by atoms with Crippen LogP contribution in [0.3, 0.4) is 0 Å². The molecule has 0 bridgehead atoms. The van der Waals surface area contributed by atoms with E-state index in [0.29, 0.717) is 12.2 Å². The first-order chi connectivity index (χ1) is 13.5. The van der Waals surface area contributed by atoms with Gasteiger partial charge < -0.3 is 9.47 Å². The molecule has 0 saturated heterocycles. The highest BCUT2D eigenvalue weighted by Crippen LogP contribution is 2.18. The summed E-state index contributed by atoms with van der Waals surface area (Å²) in [5, 5.41) is 10.9. The van der Waals surface area contributed by atoms with E-state index in [1.165, 1.54) is 31.7 Å². The van der Waals surface area contributed by atoms with Crippen LogP contribution in [0.5, 0.6) is 0 Å². The molecule has 156 valence electrons. The molecule has 1 aromatic rings. The zero-order valence-corrected chi connectivity index (χ0v) is 16.7. The van der Waals surface area contributed by atoms with Gasteiger partial charge in [0, 0.05) is 18.1 Å². The fourth-order valence-corrected chi connectivity index (χ4v) is 2.77. The first-order valence-electron chi connectivity index (χ1n) is 10.1. The second-order valence-corrected chi connectivity index (χ2v) is 6.70. The molecular formula is C21H31NO6. The molecule has 0 aliphatic carbocycles. The van der Waals surface area contributed by atoms with E-state index in [-0.39, 0.29) is 31.6 Å². The van der Waals surface area contributed by atoms with E-state index in [2.05, 4.69) is 6.92 Å². The van der Waals surface area contributed by atoms with Crippen molar-refractivity contribution in [1.82, 2.24) is 0 Å². The second-order valence-electron chi connectivity index (χ2n) is 6.70. The lowest BCUT2D eigenvalue weighted by Gasteiger charge is -2.06. The summed E-state index contributed by atoms with van der Waals surface area (Å²) in [4.78, 5) is 33.8. The summed E-state index contributed by atoms with van der Waals surface area (Å²) in [6.45, 7) is 2.61. The van der Waals surface area contributed by atoms with Crippen LogP contribution in [0.15, 0.2) is 24.3 Å². The first-order valence-corrected chi connectivity index (χ1v) is 10.1. The van der Waals surface area contributed by atoms with E-state index < -0.39 is 16.9 Å². The molecule has 0 unspecified atom stereocenters. The van der Waals surface area contributed by atoms with Gasteiger partial charge in [-0.3, -0.25) is 19.7 Å². The molecular weight excluding hydrogens is 362 g/mol. The van der Waals surface area contributed by atoms with Crippen molar-refractivity contribution in [3.05, 3.63) is 39.9 Å². The number of hydrogen-bond donors (Lipinski definition) is 0. The highest BCUT2D eigenvalue weighted by atomic mass is 16.6. The van der Waals surface area contributed by atoms with Crippen LogP contribution in [0, 0.1) is 10.1 Å². The van der Waals surface area contributed by atoms with Gasteiger partial charge >= 0.3 is 11.9 Å². The van der Waals surface area contributed by atoms with Crippen LogP contribution >= 0.6 is 0 Å². The predicted octanol–water partition coefficient (Wildman–Crippen LogP) is 4.75. The molecule has 0 heterocycles. The third-order valence-corrected chi connectivity index (χ3v) is 4.37. The molecule has 1 aromatic carbocycles. The maximum Gasteiger partial charge on any atom is 0.306 e. The number of ether oxygens (including phenoxy) is 2. The molecule has 1 rings (SSSR count). The largest absolute Gasteiger partial charge is 0.466 e. The minimum atomic E-state index is -0.508. The molecule has 28 heavy (non-hydrogen) atoms. The summed E-state index contributed by atoms with van der Waals surface area (Å²) >= 11 is 0. The molecule has 0 saturated carbocycles. The Bertz CT molecular complexity index is 617. The van der Waals surface area contributed by atoms with Crippen molar-refractivity contribution in [2.24, 2.45) is 0 Å². The zero-order valence-electron chi connectivity index (χ0n) is 16.7. The van der Waals surface area contributed by atoms with Gasteiger partial charge in [-0.2, -0.15) is 0 Å². The Hall–Kier alpha value is -2.44. The maximum atomic E-state index is 11.7. The SMILES string of the molecule is CCCCCCCCCOC(=O)CCC(=O)OCCc1ccccc1[N+](=O)[O-]. The van der Waals surface area contributed by atoms with Crippen molar-refractivity contribution in [1.29, 1.82) is 0 Å². The van der Waals surface area contributed by atoms with Gasteiger partial charge in [-0.15, -0.1) is 0 Å². The van der Waals surface area contributed by atoms with Gasteiger partial charge in [-0.1, -0.05) is 63.6 Å². The number of nitro groups is 1. The van der Waals surface area contributed by atoms with Crippen molar-refractivity contribution >= 4 is 17.6 Å². The summed E-state index contributed by atoms with van der Waals surface area (Å²) in [7, 11) is 0. The van der Waals surface area contributed by atoms with E-state index in [1.54, 1.807) is 18.2 Å². The van der Waals surface area contributed by atoms with Crippen molar-refractivity contribution in [3.63, 3.8) is 0 Å². The lowest BCUT2D eigenvalue weighted by molar-refractivity contribution is -0.385. The Morgan fingerprint density at radius 1 is 0.893 bits per heavy atom. The number of nitrogens with zero attached hydrogens (tertiary/aromatic N) is 1. The normalized spacial score (nSPS) is 10.5. The smallest absolute Gasteiger partial charge is 0.306 e. The Morgan fingerprint density at radius 2 is 1.46 bits per heavy atom. The van der Waals surface area contributed by atoms with Gasteiger partial charge in [0.05, 0.1) is 31.0 Å². The van der Waals surface area contributed by atoms with E-state index in [4.69, 9.17) is 9.47 Å². The van der Waals surface area contributed by atoms with Gasteiger partial charge in [-0.05, 0) is 6.42 Å². The monoisotopic (exact) mass is 393 g/mol. The average molecular weight is 393 g/mol. The minimum Gasteiger partial charge on any atom is -0.466 e. The summed E-state index contributed by atoms with van der Waals surface area (Å²) in [6.07, 6.45) is 8.22. The van der Waals surface area contributed by atoms with Gasteiger partial charge in [0.2, 0.25) is 0 Å². The van der Waals surface area contributed by atoms with Crippen molar-refractivity contribution < 1.29 is 24.0 Å². The molecule has 0 aliphatic rings. The third-order valence-electron chi connectivity index (χ3n) is 4.37. The molecule has 7 heteroatoms. The number of carbonyl (C=O) groups excluding carboxylic acids is 2. The van der Waals surface area contributed by atoms with Crippen molar-refractivity contribution in [2.75, 3.05) is 13.2 Å². The fourth-order valence-electron chi connectivity index (χ4n) is 2.77. The molecule has 0 spiro atoms. The van der Waals surface area contributed by atoms with Crippen LogP contribution in [0.1, 0.15) is 70.3 Å². The number of carbonyl (C=O) groups is 2. The Kier molecular flexibility index (Phi) is 12.3. The topological polar surface area (TPSA) is 95.7 Å². The van der Waals surface area contributed by atoms with E-state index in [1.807, 2.05) is 0 Å². The Balaban J connectivity index is 2.08. The van der Waals surface area contributed by atoms with Crippen LogP contribution in [0.4, 0.5) is 5.69 Å². The number of nitro benzene ring substituents is 1. The van der Waals surface area contributed by atoms with Gasteiger partial charge in [-0.25, -0.2) is 0 Å². The lowest BCUT2D eigenvalue weighted by atomic mass is 10.1. The summed E-state index contributed by atoms with van der Waals surface area (Å²) in [5.41, 5.74) is 0.516. The number of para-hydroxylation sites is 1. The first kappa shape index (κ1) is 23.6. The van der Waals surface area contributed by atoms with Crippen molar-refractivity contribution in [3.8, 4) is 0 Å². The molecule has 0 fully saturated rings. The maximum absolute atomic E-state index is 11.7. The Morgan fingerprint density at radius 3 is 2.11 bits per heavy atom. The average Bonchev–Trinajstić information content (AvgIpc) is 2.68. The highest BCUT2D eigenvalue weighted by Gasteiger charge is 2.13. The number of rotatable bonds is 15. The van der Waals surface area contributed by atoms with E-state index >= 15 is 0 Å². The van der Waals surface area contributed by atoms with E-state index in [0.717, 1.165) is 19.3 Å². The summed E-state index contributed by atoms with van der Waals surface area (Å²) < 4.78 is 10.2. The summed E-state index contributed by atoms with van der Waals surface area (Å²) in [5.74, 6) is -0.909. The standard InChI is InChI=1S/C21H31NO6/c1-2-3-4-5-6-7-10-16-27-20(23)13-14-21(24)28-17-15-18-11-8-9-12-19(18)22(25)26/h8-9,11-12H,2-7,10,13-17H2,1H3. The van der Waals surface area contributed by atoms with Crippen LogP contribution in [0.2, 0.25) is 0 Å². The quantitative estimate of drug-likeness (QED) is 0.185. The number of hydrogen-bond acceptors (Lipinski definition) is 6. The Labute approximate surface area is 166 Å². The second kappa shape index (κ2) is 14.6. The molecule has 0 amide bonds. The number of benzene rings is 1. The molecule has 0 N–H and O–H groups in total. The number of unbranched alkanes of at least 4 members (excludes halogenated alkanes) is 6.